The average molecular weight is 290 g/mol. The maximum atomic E-state index is 12.5. The lowest BCUT2D eigenvalue weighted by Gasteiger charge is -2.26. The second-order valence-corrected chi connectivity index (χ2v) is 5.63. The fourth-order valence-electron chi connectivity index (χ4n) is 2.79. The molecule has 1 aliphatic rings. The second kappa shape index (κ2) is 8.03. The van der Waals surface area contributed by atoms with Gasteiger partial charge in [0.05, 0.1) is 17.5 Å². The van der Waals surface area contributed by atoms with E-state index in [1.54, 1.807) is 0 Å². The third-order valence-electron chi connectivity index (χ3n) is 3.93. The Hall–Kier alpha value is -1.55. The lowest BCUT2D eigenvalue weighted by atomic mass is 10.0. The zero-order valence-corrected chi connectivity index (χ0v) is 12.9. The fourth-order valence-corrected chi connectivity index (χ4v) is 2.79. The van der Waals surface area contributed by atoms with Crippen LogP contribution in [0.2, 0.25) is 0 Å². The van der Waals surface area contributed by atoms with Crippen molar-refractivity contribution in [3.05, 3.63) is 24.3 Å². The van der Waals surface area contributed by atoms with Crippen LogP contribution in [-0.4, -0.2) is 25.2 Å². The summed E-state index contributed by atoms with van der Waals surface area (Å²) in [6.45, 7) is 3.62. The minimum atomic E-state index is 0.143. The highest BCUT2D eigenvalue weighted by atomic mass is 16.5. The molecule has 0 spiro atoms. The van der Waals surface area contributed by atoms with Gasteiger partial charge in [-0.2, -0.15) is 0 Å². The van der Waals surface area contributed by atoms with E-state index in [-0.39, 0.29) is 12.0 Å². The van der Waals surface area contributed by atoms with Gasteiger partial charge < -0.3 is 15.4 Å². The molecule has 1 aromatic carbocycles. The van der Waals surface area contributed by atoms with Crippen LogP contribution >= 0.6 is 0 Å². The van der Waals surface area contributed by atoms with E-state index in [0.29, 0.717) is 18.7 Å². The van der Waals surface area contributed by atoms with Crippen LogP contribution in [-0.2, 0) is 9.53 Å². The smallest absolute Gasteiger partial charge is 0.227 e. The van der Waals surface area contributed by atoms with Crippen molar-refractivity contribution < 1.29 is 9.53 Å². The first-order chi connectivity index (χ1) is 10.2. The highest BCUT2D eigenvalue weighted by molar-refractivity contribution is 5.96. The van der Waals surface area contributed by atoms with Gasteiger partial charge in [0.25, 0.3) is 0 Å². The molecule has 0 radical (unpaired) electrons. The number of hydrogen-bond acceptors (Lipinski definition) is 3. The summed E-state index contributed by atoms with van der Waals surface area (Å²) in [5.41, 5.74) is 7.50. The molecule has 1 fully saturated rings. The van der Waals surface area contributed by atoms with Gasteiger partial charge in [-0.3, -0.25) is 4.79 Å². The van der Waals surface area contributed by atoms with Crippen molar-refractivity contribution in [1.29, 1.82) is 0 Å². The first-order valence-corrected chi connectivity index (χ1v) is 7.99. The summed E-state index contributed by atoms with van der Waals surface area (Å²) >= 11 is 0. The molecular formula is C17H26N2O2. The molecular weight excluding hydrogens is 264 g/mol. The summed E-state index contributed by atoms with van der Waals surface area (Å²) < 4.78 is 5.70. The lowest BCUT2D eigenvalue weighted by Crippen LogP contribution is -2.33. The van der Waals surface area contributed by atoms with Crippen LogP contribution in [0.1, 0.15) is 45.4 Å². The summed E-state index contributed by atoms with van der Waals surface area (Å²) in [6.07, 6.45) is 5.94. The van der Waals surface area contributed by atoms with Gasteiger partial charge in [0.2, 0.25) is 5.91 Å². The van der Waals surface area contributed by atoms with Crippen molar-refractivity contribution in [2.24, 2.45) is 0 Å². The van der Waals surface area contributed by atoms with Gasteiger partial charge in [-0.1, -0.05) is 19.1 Å². The number of nitrogen functional groups attached to an aromatic ring is 1. The molecule has 2 rings (SSSR count). The second-order valence-electron chi connectivity index (χ2n) is 5.63. The Labute approximate surface area is 127 Å². The third-order valence-corrected chi connectivity index (χ3v) is 3.93. The molecule has 1 unspecified atom stereocenters. The third kappa shape index (κ3) is 4.46. The first kappa shape index (κ1) is 15.8. The quantitative estimate of drug-likeness (QED) is 0.817. The van der Waals surface area contributed by atoms with E-state index in [4.69, 9.17) is 10.5 Å². The van der Waals surface area contributed by atoms with E-state index in [9.17, 15) is 4.79 Å². The fraction of sp³-hybridized carbons (Fsp3) is 0.588. The Morgan fingerprint density at radius 2 is 2.19 bits per heavy atom. The molecule has 0 aliphatic carbocycles. The molecule has 1 atom stereocenters. The molecule has 4 nitrogen and oxygen atoms in total. The topological polar surface area (TPSA) is 55.6 Å². The Kier molecular flexibility index (Phi) is 6.05. The van der Waals surface area contributed by atoms with Crippen molar-refractivity contribution >= 4 is 17.3 Å². The molecule has 4 heteroatoms. The van der Waals surface area contributed by atoms with Gasteiger partial charge >= 0.3 is 0 Å². The predicted molar refractivity (Wildman–Crippen MR) is 86.3 cm³/mol. The number of carbonyl (C=O) groups is 1. The van der Waals surface area contributed by atoms with Gasteiger partial charge in [-0.15, -0.1) is 0 Å². The van der Waals surface area contributed by atoms with Crippen LogP contribution < -0.4 is 10.6 Å². The number of ether oxygens (including phenoxy) is 1. The molecule has 0 aromatic heterocycles. The normalized spacial score (nSPS) is 18.4. The van der Waals surface area contributed by atoms with Crippen molar-refractivity contribution in [2.75, 3.05) is 23.8 Å². The summed E-state index contributed by atoms with van der Waals surface area (Å²) in [6, 6.07) is 7.57. The molecule has 1 heterocycles. The minimum Gasteiger partial charge on any atom is -0.397 e. The zero-order valence-electron chi connectivity index (χ0n) is 12.9. The standard InChI is InChI=1S/C17H26N2O2/c1-2-12-19(16-9-4-3-8-15(16)18)17(20)11-10-14-7-5-6-13-21-14/h3-4,8-9,14H,2,5-7,10-13,18H2,1H3. The van der Waals surface area contributed by atoms with Crippen molar-refractivity contribution in [3.8, 4) is 0 Å². The van der Waals surface area contributed by atoms with Gasteiger partial charge in [0.15, 0.2) is 0 Å². The highest BCUT2D eigenvalue weighted by Gasteiger charge is 2.20. The highest BCUT2D eigenvalue weighted by Crippen LogP contribution is 2.25. The van der Waals surface area contributed by atoms with E-state index < -0.39 is 0 Å². The number of rotatable bonds is 6. The van der Waals surface area contributed by atoms with E-state index in [2.05, 4.69) is 6.92 Å². The monoisotopic (exact) mass is 290 g/mol. The zero-order chi connectivity index (χ0) is 15.1. The number of amides is 1. The van der Waals surface area contributed by atoms with Crippen LogP contribution in [0, 0.1) is 0 Å². The first-order valence-electron chi connectivity index (χ1n) is 7.99. The van der Waals surface area contributed by atoms with E-state index >= 15 is 0 Å². The minimum absolute atomic E-state index is 0.143. The molecule has 2 N–H and O–H groups in total. The summed E-state index contributed by atoms with van der Waals surface area (Å²) in [7, 11) is 0. The Morgan fingerprint density at radius 1 is 1.38 bits per heavy atom. The Bertz CT molecular complexity index is 456. The van der Waals surface area contributed by atoms with Crippen LogP contribution in [0.5, 0.6) is 0 Å². The van der Waals surface area contributed by atoms with Crippen molar-refractivity contribution in [3.63, 3.8) is 0 Å². The molecule has 1 saturated heterocycles. The van der Waals surface area contributed by atoms with Gasteiger partial charge in [-0.25, -0.2) is 0 Å². The molecule has 0 saturated carbocycles. The van der Waals surface area contributed by atoms with E-state index in [1.165, 1.54) is 6.42 Å². The molecule has 1 amide bonds. The molecule has 1 aromatic rings. The molecule has 1 aliphatic heterocycles. The number of carbonyl (C=O) groups excluding carboxylic acids is 1. The van der Waals surface area contributed by atoms with Crippen LogP contribution in [0.3, 0.4) is 0 Å². The molecule has 21 heavy (non-hydrogen) atoms. The number of para-hydroxylation sites is 2. The molecule has 116 valence electrons. The van der Waals surface area contributed by atoms with Crippen molar-refractivity contribution in [1.82, 2.24) is 0 Å². The van der Waals surface area contributed by atoms with E-state index in [0.717, 1.165) is 38.0 Å². The number of nitrogens with zero attached hydrogens (tertiary/aromatic N) is 1. The van der Waals surface area contributed by atoms with Crippen LogP contribution in [0.15, 0.2) is 24.3 Å². The number of nitrogens with two attached hydrogens (primary N) is 1. The van der Waals surface area contributed by atoms with Crippen LogP contribution in [0.25, 0.3) is 0 Å². The Morgan fingerprint density at radius 3 is 2.86 bits per heavy atom. The SMILES string of the molecule is CCCN(C(=O)CCC1CCCCO1)c1ccccc1N. The largest absolute Gasteiger partial charge is 0.397 e. The van der Waals surface area contributed by atoms with E-state index in [1.807, 2.05) is 29.2 Å². The number of benzene rings is 1. The summed E-state index contributed by atoms with van der Waals surface area (Å²) in [5.74, 6) is 0.143. The van der Waals surface area contributed by atoms with Gasteiger partial charge in [-0.05, 0) is 44.2 Å². The Balaban J connectivity index is 1.97. The summed E-state index contributed by atoms with van der Waals surface area (Å²) in [5, 5.41) is 0. The van der Waals surface area contributed by atoms with Crippen LogP contribution in [0.4, 0.5) is 11.4 Å². The van der Waals surface area contributed by atoms with Crippen molar-refractivity contribution in [2.45, 2.75) is 51.6 Å². The number of anilines is 2. The molecule has 0 bridgehead atoms. The summed E-state index contributed by atoms with van der Waals surface area (Å²) in [4.78, 5) is 14.4. The maximum Gasteiger partial charge on any atom is 0.227 e. The number of hydrogen-bond donors (Lipinski definition) is 1. The van der Waals surface area contributed by atoms with Gasteiger partial charge in [0, 0.05) is 19.6 Å². The van der Waals surface area contributed by atoms with Gasteiger partial charge in [0.1, 0.15) is 0 Å². The maximum absolute atomic E-state index is 12.5. The average Bonchev–Trinajstić information content (AvgIpc) is 2.52. The predicted octanol–water partition coefficient (Wildman–Crippen LogP) is 3.36. The lowest BCUT2D eigenvalue weighted by molar-refractivity contribution is -0.119.